The van der Waals surface area contributed by atoms with Gasteiger partial charge in [0.25, 0.3) is 5.91 Å². The molecule has 0 aliphatic rings. The summed E-state index contributed by atoms with van der Waals surface area (Å²) < 4.78 is 0. The van der Waals surface area contributed by atoms with E-state index in [2.05, 4.69) is 10.3 Å². The molecule has 1 amide bonds. The lowest BCUT2D eigenvalue weighted by atomic mass is 10.2. The van der Waals surface area contributed by atoms with Crippen LogP contribution in [0.5, 0.6) is 0 Å². The van der Waals surface area contributed by atoms with Crippen molar-refractivity contribution in [1.29, 1.82) is 0 Å². The highest BCUT2D eigenvalue weighted by Crippen LogP contribution is 2.14. The van der Waals surface area contributed by atoms with E-state index in [9.17, 15) is 4.79 Å². The topological polar surface area (TPSA) is 68.0 Å². The standard InChI is InChI=1S/C13H15N3OS/c1-9-3-2-4-10(7-9)15-13(17)11-8-18-12(16-11)5-6-14/h2-4,7-8H,5-6,14H2,1H3,(H,15,17). The third-order valence-electron chi connectivity index (χ3n) is 2.42. The van der Waals surface area contributed by atoms with Gasteiger partial charge in [0.15, 0.2) is 0 Å². The van der Waals surface area contributed by atoms with Crippen molar-refractivity contribution in [2.45, 2.75) is 13.3 Å². The summed E-state index contributed by atoms with van der Waals surface area (Å²) in [4.78, 5) is 16.2. The number of aromatic nitrogens is 1. The number of nitrogens with zero attached hydrogens (tertiary/aromatic N) is 1. The largest absolute Gasteiger partial charge is 0.330 e. The minimum Gasteiger partial charge on any atom is -0.330 e. The van der Waals surface area contributed by atoms with Gasteiger partial charge in [0.2, 0.25) is 0 Å². The molecule has 0 saturated carbocycles. The van der Waals surface area contributed by atoms with E-state index in [1.807, 2.05) is 31.2 Å². The molecular formula is C13H15N3OS. The number of rotatable bonds is 4. The second-order valence-corrected chi connectivity index (χ2v) is 4.93. The maximum atomic E-state index is 11.9. The Hall–Kier alpha value is -1.72. The van der Waals surface area contributed by atoms with E-state index >= 15 is 0 Å². The summed E-state index contributed by atoms with van der Waals surface area (Å²) in [5, 5.41) is 5.48. The second kappa shape index (κ2) is 5.75. The summed E-state index contributed by atoms with van der Waals surface area (Å²) in [5.74, 6) is -0.180. The zero-order valence-electron chi connectivity index (χ0n) is 10.1. The predicted octanol–water partition coefficient (Wildman–Crippen LogP) is 2.21. The molecule has 0 atom stereocenters. The van der Waals surface area contributed by atoms with E-state index in [-0.39, 0.29) is 5.91 Å². The Morgan fingerprint density at radius 2 is 2.33 bits per heavy atom. The van der Waals surface area contributed by atoms with Gasteiger partial charge in [0, 0.05) is 17.5 Å². The minimum atomic E-state index is -0.180. The monoisotopic (exact) mass is 261 g/mol. The summed E-state index contributed by atoms with van der Waals surface area (Å²) in [5.41, 5.74) is 7.79. The van der Waals surface area contributed by atoms with Gasteiger partial charge in [0.1, 0.15) is 5.69 Å². The first-order valence-electron chi connectivity index (χ1n) is 5.71. The fourth-order valence-corrected chi connectivity index (χ4v) is 2.37. The van der Waals surface area contributed by atoms with Gasteiger partial charge < -0.3 is 11.1 Å². The van der Waals surface area contributed by atoms with E-state index in [1.54, 1.807) is 5.38 Å². The number of carbonyl (C=O) groups excluding carboxylic acids is 1. The summed E-state index contributed by atoms with van der Waals surface area (Å²) in [6.45, 7) is 2.53. The molecule has 0 aliphatic carbocycles. The average molecular weight is 261 g/mol. The molecule has 94 valence electrons. The normalized spacial score (nSPS) is 10.3. The number of aryl methyl sites for hydroxylation is 1. The number of carbonyl (C=O) groups is 1. The Balaban J connectivity index is 2.07. The van der Waals surface area contributed by atoms with Crippen molar-refractivity contribution >= 4 is 22.9 Å². The molecule has 0 radical (unpaired) electrons. The highest BCUT2D eigenvalue weighted by molar-refractivity contribution is 7.09. The molecule has 1 aromatic heterocycles. The SMILES string of the molecule is Cc1cccc(NC(=O)c2csc(CCN)n2)c1. The molecule has 0 saturated heterocycles. The first kappa shape index (κ1) is 12.7. The fraction of sp³-hybridized carbons (Fsp3) is 0.231. The predicted molar refractivity (Wildman–Crippen MR) is 74.0 cm³/mol. The van der Waals surface area contributed by atoms with Crippen molar-refractivity contribution in [2.75, 3.05) is 11.9 Å². The van der Waals surface area contributed by atoms with Crippen LogP contribution in [0.2, 0.25) is 0 Å². The van der Waals surface area contributed by atoms with Crippen molar-refractivity contribution in [2.24, 2.45) is 5.73 Å². The van der Waals surface area contributed by atoms with Gasteiger partial charge in [-0.2, -0.15) is 0 Å². The van der Waals surface area contributed by atoms with Crippen LogP contribution in [0.1, 0.15) is 21.1 Å². The number of anilines is 1. The average Bonchev–Trinajstić information content (AvgIpc) is 2.78. The third kappa shape index (κ3) is 3.15. The summed E-state index contributed by atoms with van der Waals surface area (Å²) in [6, 6.07) is 7.67. The number of hydrogen-bond donors (Lipinski definition) is 2. The van der Waals surface area contributed by atoms with Crippen molar-refractivity contribution in [3.05, 3.63) is 45.9 Å². The summed E-state index contributed by atoms with van der Waals surface area (Å²) in [6.07, 6.45) is 0.711. The Kier molecular flexibility index (Phi) is 4.07. The van der Waals surface area contributed by atoms with Crippen LogP contribution in [0.25, 0.3) is 0 Å². The number of benzene rings is 1. The van der Waals surface area contributed by atoms with E-state index in [0.717, 1.165) is 16.3 Å². The van der Waals surface area contributed by atoms with Crippen LogP contribution < -0.4 is 11.1 Å². The molecule has 0 aliphatic heterocycles. The zero-order valence-corrected chi connectivity index (χ0v) is 11.0. The molecule has 0 unspecified atom stereocenters. The minimum absolute atomic E-state index is 0.180. The first-order chi connectivity index (χ1) is 8.69. The van der Waals surface area contributed by atoms with Crippen LogP contribution in [0.15, 0.2) is 29.6 Å². The van der Waals surface area contributed by atoms with E-state index in [1.165, 1.54) is 11.3 Å². The Morgan fingerprint density at radius 3 is 3.06 bits per heavy atom. The van der Waals surface area contributed by atoms with Crippen molar-refractivity contribution in [3.63, 3.8) is 0 Å². The Labute approximate surface area is 110 Å². The van der Waals surface area contributed by atoms with Gasteiger partial charge >= 0.3 is 0 Å². The van der Waals surface area contributed by atoms with Gasteiger partial charge in [0.05, 0.1) is 5.01 Å². The molecule has 2 aromatic rings. The molecule has 4 nitrogen and oxygen atoms in total. The molecule has 18 heavy (non-hydrogen) atoms. The molecule has 1 heterocycles. The molecule has 2 rings (SSSR count). The lowest BCUT2D eigenvalue weighted by Gasteiger charge is -2.03. The van der Waals surface area contributed by atoms with Crippen LogP contribution in [-0.2, 0) is 6.42 Å². The molecule has 3 N–H and O–H groups in total. The van der Waals surface area contributed by atoms with Gasteiger partial charge in [-0.1, -0.05) is 12.1 Å². The van der Waals surface area contributed by atoms with Gasteiger partial charge in [-0.25, -0.2) is 4.98 Å². The number of nitrogens with two attached hydrogens (primary N) is 1. The van der Waals surface area contributed by atoms with Gasteiger partial charge in [-0.15, -0.1) is 11.3 Å². The summed E-state index contributed by atoms with van der Waals surface area (Å²) >= 11 is 1.46. The quantitative estimate of drug-likeness (QED) is 0.886. The van der Waals surface area contributed by atoms with E-state index in [4.69, 9.17) is 5.73 Å². The number of hydrogen-bond acceptors (Lipinski definition) is 4. The Morgan fingerprint density at radius 1 is 1.50 bits per heavy atom. The lowest BCUT2D eigenvalue weighted by molar-refractivity contribution is 0.102. The molecular weight excluding hydrogens is 246 g/mol. The highest BCUT2D eigenvalue weighted by Gasteiger charge is 2.10. The van der Waals surface area contributed by atoms with Crippen LogP contribution in [0.3, 0.4) is 0 Å². The van der Waals surface area contributed by atoms with Crippen molar-refractivity contribution in [1.82, 2.24) is 4.98 Å². The summed E-state index contributed by atoms with van der Waals surface area (Å²) in [7, 11) is 0. The highest BCUT2D eigenvalue weighted by atomic mass is 32.1. The van der Waals surface area contributed by atoms with Gasteiger partial charge in [-0.05, 0) is 31.2 Å². The van der Waals surface area contributed by atoms with Crippen molar-refractivity contribution < 1.29 is 4.79 Å². The molecule has 0 spiro atoms. The molecule has 1 aromatic carbocycles. The van der Waals surface area contributed by atoms with Crippen LogP contribution >= 0.6 is 11.3 Å². The number of amides is 1. The lowest BCUT2D eigenvalue weighted by Crippen LogP contribution is -2.12. The smallest absolute Gasteiger partial charge is 0.275 e. The fourth-order valence-electron chi connectivity index (χ4n) is 1.57. The van der Waals surface area contributed by atoms with Crippen molar-refractivity contribution in [3.8, 4) is 0 Å². The second-order valence-electron chi connectivity index (χ2n) is 3.99. The maximum Gasteiger partial charge on any atom is 0.275 e. The third-order valence-corrected chi connectivity index (χ3v) is 3.33. The number of thiazole rings is 1. The first-order valence-corrected chi connectivity index (χ1v) is 6.59. The van der Waals surface area contributed by atoms with Crippen LogP contribution in [0, 0.1) is 6.92 Å². The Bertz CT molecular complexity index is 551. The van der Waals surface area contributed by atoms with E-state index < -0.39 is 0 Å². The maximum absolute atomic E-state index is 11.9. The number of nitrogens with one attached hydrogen (secondary N) is 1. The van der Waals surface area contributed by atoms with Crippen LogP contribution in [0.4, 0.5) is 5.69 Å². The zero-order chi connectivity index (χ0) is 13.0. The molecule has 0 fully saturated rings. The van der Waals surface area contributed by atoms with E-state index in [0.29, 0.717) is 18.7 Å². The molecule has 5 heteroatoms. The van der Waals surface area contributed by atoms with Crippen LogP contribution in [-0.4, -0.2) is 17.4 Å². The molecule has 0 bridgehead atoms. The van der Waals surface area contributed by atoms with Gasteiger partial charge in [-0.3, -0.25) is 4.79 Å².